The number of halogens is 1. The highest BCUT2D eigenvalue weighted by Crippen LogP contribution is 2.27. The Morgan fingerprint density at radius 2 is 2.04 bits per heavy atom. The van der Waals surface area contributed by atoms with Crippen LogP contribution in [0.4, 0.5) is 10.5 Å². The summed E-state index contributed by atoms with van der Waals surface area (Å²) in [5, 5.41) is 0.447. The molecule has 0 aliphatic heterocycles. The van der Waals surface area contributed by atoms with Crippen LogP contribution < -0.4 is 9.46 Å². The van der Waals surface area contributed by atoms with Gasteiger partial charge in [-0.15, -0.1) is 0 Å². The largest absolute Gasteiger partial charge is 0.446 e. The summed E-state index contributed by atoms with van der Waals surface area (Å²) in [6, 6.07) is 5.80. The maximum Gasteiger partial charge on any atom is 0.421 e. The molecule has 0 unspecified atom stereocenters. The lowest BCUT2D eigenvalue weighted by Crippen LogP contribution is -2.29. The van der Waals surface area contributed by atoms with Crippen LogP contribution in [0.15, 0.2) is 30.6 Å². The molecule has 1 heterocycles. The number of ether oxygens (including phenoxy) is 2. The van der Waals surface area contributed by atoms with Crippen LogP contribution in [0.1, 0.15) is 32.8 Å². The highest BCUT2D eigenvalue weighted by molar-refractivity contribution is 7.98. The van der Waals surface area contributed by atoms with E-state index < -0.39 is 0 Å². The van der Waals surface area contributed by atoms with Crippen LogP contribution in [-0.2, 0) is 4.74 Å². The second kappa shape index (κ2) is 10.2. The van der Waals surface area contributed by atoms with Crippen molar-refractivity contribution in [1.82, 2.24) is 14.3 Å². The number of hydrogen-bond donors (Lipinski definition) is 1. The quantitative estimate of drug-likeness (QED) is 0.578. The van der Waals surface area contributed by atoms with Gasteiger partial charge in [-0.3, -0.25) is 0 Å². The molecule has 1 N–H and O–H groups in total. The lowest BCUT2D eigenvalue weighted by Gasteiger charge is -2.21. The Bertz CT molecular complexity index is 759. The molecule has 0 radical (unpaired) electrons. The van der Waals surface area contributed by atoms with Gasteiger partial charge in [0.05, 0.1) is 35.7 Å². The first-order valence-electron chi connectivity index (χ1n) is 8.56. The van der Waals surface area contributed by atoms with E-state index in [9.17, 15) is 4.79 Å². The minimum atomic E-state index is -0.360. The molecular weight excluding hydrogens is 388 g/mol. The van der Waals surface area contributed by atoms with Gasteiger partial charge in [-0.05, 0) is 51.0 Å². The third-order valence-electron chi connectivity index (χ3n) is 3.21. The zero-order chi connectivity index (χ0) is 19.8. The molecule has 0 aliphatic carbocycles. The molecule has 0 saturated heterocycles. The zero-order valence-corrected chi connectivity index (χ0v) is 17.3. The Morgan fingerprint density at radius 1 is 1.33 bits per heavy atom. The molecule has 27 heavy (non-hydrogen) atoms. The Hall–Kier alpha value is -2.19. The molecule has 2 rings (SSSR count). The fourth-order valence-corrected chi connectivity index (χ4v) is 2.86. The molecular formula is C18H23ClN4O3S. The third-order valence-corrected chi connectivity index (χ3v) is 4.29. The van der Waals surface area contributed by atoms with Crippen LogP contribution in [0, 0.1) is 6.92 Å². The van der Waals surface area contributed by atoms with Gasteiger partial charge < -0.3 is 14.2 Å². The SMILES string of the molecule is CCCN(SNc1ccc(Oc2ncc(Cl)cn2)c(C)c1)C(=O)OC(C)C. The first-order chi connectivity index (χ1) is 12.9. The van der Waals surface area contributed by atoms with E-state index in [2.05, 4.69) is 14.7 Å². The van der Waals surface area contributed by atoms with Crippen molar-refractivity contribution < 1.29 is 14.3 Å². The molecule has 1 aromatic carbocycles. The Balaban J connectivity index is 1.99. The Morgan fingerprint density at radius 3 is 2.63 bits per heavy atom. The van der Waals surface area contributed by atoms with Crippen LogP contribution >= 0.6 is 23.7 Å². The fraction of sp³-hybridized carbons (Fsp3) is 0.389. The van der Waals surface area contributed by atoms with Crippen molar-refractivity contribution in [2.45, 2.75) is 40.2 Å². The summed E-state index contributed by atoms with van der Waals surface area (Å²) < 4.78 is 15.6. The predicted molar refractivity (Wildman–Crippen MR) is 108 cm³/mol. The number of anilines is 1. The number of benzene rings is 1. The van der Waals surface area contributed by atoms with E-state index >= 15 is 0 Å². The summed E-state index contributed by atoms with van der Waals surface area (Å²) in [6.45, 7) is 8.15. The summed E-state index contributed by atoms with van der Waals surface area (Å²) in [5.74, 6) is 0.637. The number of amides is 1. The van der Waals surface area contributed by atoms with E-state index in [0.717, 1.165) is 17.7 Å². The molecule has 0 bridgehead atoms. The van der Waals surface area contributed by atoms with E-state index in [1.54, 1.807) is 4.31 Å². The molecule has 146 valence electrons. The summed E-state index contributed by atoms with van der Waals surface area (Å²) in [6.07, 6.45) is 3.26. The van der Waals surface area contributed by atoms with Crippen LogP contribution in [-0.4, -0.2) is 33.0 Å². The molecule has 1 amide bonds. The van der Waals surface area contributed by atoms with Gasteiger partial charge >= 0.3 is 12.1 Å². The average Bonchev–Trinajstić information content (AvgIpc) is 2.62. The average molecular weight is 411 g/mol. The monoisotopic (exact) mass is 410 g/mol. The number of nitrogens with one attached hydrogen (secondary N) is 1. The smallest absolute Gasteiger partial charge is 0.421 e. The fourth-order valence-electron chi connectivity index (χ4n) is 2.02. The molecule has 1 aromatic heterocycles. The predicted octanol–water partition coefficient (Wildman–Crippen LogP) is 5.46. The van der Waals surface area contributed by atoms with Gasteiger partial charge in [0, 0.05) is 12.2 Å². The highest BCUT2D eigenvalue weighted by atomic mass is 35.5. The lowest BCUT2D eigenvalue weighted by atomic mass is 10.2. The first-order valence-corrected chi connectivity index (χ1v) is 9.71. The maximum atomic E-state index is 12.1. The van der Waals surface area contributed by atoms with E-state index in [0.29, 0.717) is 17.3 Å². The molecule has 7 nitrogen and oxygen atoms in total. The van der Waals surface area contributed by atoms with Crippen LogP contribution in [0.25, 0.3) is 0 Å². The van der Waals surface area contributed by atoms with Gasteiger partial charge in [0.1, 0.15) is 5.75 Å². The van der Waals surface area contributed by atoms with Gasteiger partial charge in [0.2, 0.25) is 0 Å². The van der Waals surface area contributed by atoms with E-state index in [1.807, 2.05) is 45.9 Å². The lowest BCUT2D eigenvalue weighted by molar-refractivity contribution is 0.0991. The van der Waals surface area contributed by atoms with Crippen molar-refractivity contribution in [2.75, 3.05) is 11.3 Å². The number of rotatable bonds is 8. The molecule has 0 aliphatic rings. The van der Waals surface area contributed by atoms with Crippen molar-refractivity contribution in [3.8, 4) is 11.8 Å². The van der Waals surface area contributed by atoms with E-state index in [1.165, 1.54) is 24.5 Å². The number of aromatic nitrogens is 2. The standard InChI is InChI=1S/C18H23ClN4O3S/c1-5-8-23(18(24)25-12(2)3)27-22-15-6-7-16(13(4)9-15)26-17-20-10-14(19)11-21-17/h6-7,9-12,22H,5,8H2,1-4H3. The Labute approximate surface area is 168 Å². The molecule has 0 spiro atoms. The maximum absolute atomic E-state index is 12.1. The second-order valence-electron chi connectivity index (χ2n) is 5.99. The summed E-state index contributed by atoms with van der Waals surface area (Å²) in [4.78, 5) is 20.1. The minimum Gasteiger partial charge on any atom is -0.446 e. The summed E-state index contributed by atoms with van der Waals surface area (Å²) in [7, 11) is 0. The second-order valence-corrected chi connectivity index (χ2v) is 7.26. The van der Waals surface area contributed by atoms with Crippen molar-refractivity contribution >= 4 is 35.5 Å². The number of carbonyl (C=O) groups is 1. The Kier molecular flexibility index (Phi) is 7.99. The molecule has 0 fully saturated rings. The van der Waals surface area contributed by atoms with Gasteiger partial charge in [-0.25, -0.2) is 19.1 Å². The normalized spacial score (nSPS) is 10.6. The minimum absolute atomic E-state index is 0.161. The highest BCUT2D eigenvalue weighted by Gasteiger charge is 2.17. The zero-order valence-electron chi connectivity index (χ0n) is 15.7. The summed E-state index contributed by atoms with van der Waals surface area (Å²) >= 11 is 6.97. The van der Waals surface area contributed by atoms with Crippen molar-refractivity contribution in [3.63, 3.8) is 0 Å². The molecule has 0 saturated carbocycles. The van der Waals surface area contributed by atoms with Crippen molar-refractivity contribution in [2.24, 2.45) is 0 Å². The number of aryl methyl sites for hydroxylation is 1. The van der Waals surface area contributed by atoms with Crippen LogP contribution in [0.3, 0.4) is 0 Å². The number of nitrogens with zero attached hydrogens (tertiary/aromatic N) is 3. The summed E-state index contributed by atoms with van der Waals surface area (Å²) in [5.41, 5.74) is 1.73. The number of carbonyl (C=O) groups excluding carboxylic acids is 1. The molecule has 9 heteroatoms. The number of hydrogen-bond acceptors (Lipinski definition) is 7. The van der Waals surface area contributed by atoms with Gasteiger partial charge in [0.25, 0.3) is 0 Å². The molecule has 2 aromatic rings. The molecule has 0 atom stereocenters. The van der Waals surface area contributed by atoms with E-state index in [-0.39, 0.29) is 18.2 Å². The van der Waals surface area contributed by atoms with Crippen LogP contribution in [0.2, 0.25) is 5.02 Å². The van der Waals surface area contributed by atoms with Crippen molar-refractivity contribution in [3.05, 3.63) is 41.2 Å². The third kappa shape index (κ3) is 6.80. The van der Waals surface area contributed by atoms with Gasteiger partial charge in [-0.1, -0.05) is 18.5 Å². The first kappa shape index (κ1) is 21.1. The van der Waals surface area contributed by atoms with Crippen molar-refractivity contribution in [1.29, 1.82) is 0 Å². The van der Waals surface area contributed by atoms with Gasteiger partial charge in [0.15, 0.2) is 0 Å². The van der Waals surface area contributed by atoms with Gasteiger partial charge in [-0.2, -0.15) is 0 Å². The van der Waals surface area contributed by atoms with Crippen LogP contribution in [0.5, 0.6) is 11.8 Å². The van der Waals surface area contributed by atoms with E-state index in [4.69, 9.17) is 21.1 Å². The topological polar surface area (TPSA) is 76.6 Å².